The van der Waals surface area contributed by atoms with E-state index >= 15 is 0 Å². The lowest BCUT2D eigenvalue weighted by atomic mass is 10.3. The molecule has 1 rings (SSSR count). The van der Waals surface area contributed by atoms with Gasteiger partial charge in [0.2, 0.25) is 5.91 Å². The molecule has 1 amide bonds. The van der Waals surface area contributed by atoms with E-state index in [4.69, 9.17) is 5.26 Å². The minimum Gasteiger partial charge on any atom is -0.355 e. The Hall–Kier alpha value is -1.81. The number of carbonyl (C=O) groups is 1. The molecule has 19 heavy (non-hydrogen) atoms. The Balaban J connectivity index is 2.83. The Morgan fingerprint density at radius 2 is 2.37 bits per heavy atom. The summed E-state index contributed by atoms with van der Waals surface area (Å²) < 4.78 is 1.15. The van der Waals surface area contributed by atoms with Crippen LogP contribution < -0.4 is 10.9 Å². The summed E-state index contributed by atoms with van der Waals surface area (Å²) in [7, 11) is 0. The number of thioether (sulfide) groups is 1. The number of nitrogens with one attached hydrogen (secondary N) is 1. The summed E-state index contributed by atoms with van der Waals surface area (Å²) >= 11 is 1.23. The van der Waals surface area contributed by atoms with Crippen LogP contribution in [-0.4, -0.2) is 28.3 Å². The highest BCUT2D eigenvalue weighted by atomic mass is 32.2. The maximum absolute atomic E-state index is 12.0. The van der Waals surface area contributed by atoms with Gasteiger partial charge in [0, 0.05) is 6.54 Å². The second-order valence-electron chi connectivity index (χ2n) is 3.88. The zero-order chi connectivity index (χ0) is 14.3. The molecule has 0 fully saturated rings. The van der Waals surface area contributed by atoms with Gasteiger partial charge in [-0.3, -0.25) is 14.2 Å². The van der Waals surface area contributed by atoms with E-state index in [0.29, 0.717) is 11.6 Å². The van der Waals surface area contributed by atoms with Crippen LogP contribution in [-0.2, 0) is 11.3 Å². The van der Waals surface area contributed by atoms with Gasteiger partial charge in [-0.25, -0.2) is 4.98 Å². The van der Waals surface area contributed by atoms with Crippen molar-refractivity contribution in [2.45, 2.75) is 31.3 Å². The average molecular weight is 280 g/mol. The minimum atomic E-state index is -0.479. The Morgan fingerprint density at radius 1 is 1.63 bits per heavy atom. The molecule has 0 aliphatic heterocycles. The zero-order valence-corrected chi connectivity index (χ0v) is 11.8. The van der Waals surface area contributed by atoms with Gasteiger partial charge in [0.15, 0.2) is 0 Å². The van der Waals surface area contributed by atoms with E-state index in [1.54, 1.807) is 6.26 Å². The molecule has 0 spiro atoms. The van der Waals surface area contributed by atoms with Crippen LogP contribution >= 0.6 is 11.8 Å². The van der Waals surface area contributed by atoms with Crippen molar-refractivity contribution < 1.29 is 4.79 Å². The highest BCUT2D eigenvalue weighted by Crippen LogP contribution is 2.12. The molecule has 1 aromatic heterocycles. The maximum atomic E-state index is 12.0. The molecule has 0 saturated carbocycles. The Morgan fingerprint density at radius 3 is 2.95 bits per heavy atom. The predicted molar refractivity (Wildman–Crippen MR) is 72.9 cm³/mol. The number of hydrogen-bond acceptors (Lipinski definition) is 5. The van der Waals surface area contributed by atoms with Crippen molar-refractivity contribution in [3.05, 3.63) is 22.2 Å². The number of rotatable bonds is 6. The lowest BCUT2D eigenvalue weighted by Crippen LogP contribution is -2.34. The van der Waals surface area contributed by atoms with E-state index in [-0.39, 0.29) is 18.0 Å². The maximum Gasteiger partial charge on any atom is 0.272 e. The first-order valence-corrected chi connectivity index (χ1v) is 7.16. The molecule has 0 unspecified atom stereocenters. The number of nitrogens with zero attached hydrogens (tertiary/aromatic N) is 3. The highest BCUT2D eigenvalue weighted by Gasteiger charge is 2.12. The third-order valence-electron chi connectivity index (χ3n) is 2.47. The smallest absolute Gasteiger partial charge is 0.272 e. The van der Waals surface area contributed by atoms with Crippen molar-refractivity contribution >= 4 is 17.7 Å². The van der Waals surface area contributed by atoms with Crippen molar-refractivity contribution in [3.8, 4) is 6.07 Å². The van der Waals surface area contributed by atoms with E-state index in [9.17, 15) is 9.59 Å². The highest BCUT2D eigenvalue weighted by molar-refractivity contribution is 7.98. The number of carbonyl (C=O) groups excluding carboxylic acids is 1. The molecule has 0 bridgehead atoms. The van der Waals surface area contributed by atoms with Gasteiger partial charge in [0.25, 0.3) is 5.56 Å². The summed E-state index contributed by atoms with van der Waals surface area (Å²) in [5.74, 6) is -0.252. The van der Waals surface area contributed by atoms with Crippen LogP contribution in [0.5, 0.6) is 0 Å². The summed E-state index contributed by atoms with van der Waals surface area (Å²) in [4.78, 5) is 27.6. The molecule has 0 saturated heterocycles. The molecular weight excluding hydrogens is 264 g/mol. The lowest BCUT2D eigenvalue weighted by Gasteiger charge is -2.07. The van der Waals surface area contributed by atoms with Gasteiger partial charge in [0.1, 0.15) is 23.2 Å². The van der Waals surface area contributed by atoms with Gasteiger partial charge in [-0.05, 0) is 12.7 Å². The average Bonchev–Trinajstić information content (AvgIpc) is 2.41. The summed E-state index contributed by atoms with van der Waals surface area (Å²) in [6, 6.07) is 1.83. The Kier molecular flexibility index (Phi) is 6.09. The van der Waals surface area contributed by atoms with Crippen LogP contribution in [0.25, 0.3) is 0 Å². The minimum absolute atomic E-state index is 0.0173. The molecule has 7 heteroatoms. The van der Waals surface area contributed by atoms with E-state index in [0.717, 1.165) is 17.4 Å². The second-order valence-corrected chi connectivity index (χ2v) is 4.67. The molecule has 102 valence electrons. The quantitative estimate of drug-likeness (QED) is 0.472. The van der Waals surface area contributed by atoms with Crippen LogP contribution in [0.4, 0.5) is 0 Å². The third-order valence-corrected chi connectivity index (χ3v) is 3.17. The van der Waals surface area contributed by atoms with Gasteiger partial charge in [-0.15, -0.1) is 11.8 Å². The van der Waals surface area contributed by atoms with Crippen molar-refractivity contribution in [2.75, 3.05) is 12.8 Å². The number of nitriles is 1. The summed E-state index contributed by atoms with van der Waals surface area (Å²) in [6.45, 7) is 2.51. The molecule has 0 aromatic carbocycles. The molecule has 0 aliphatic carbocycles. The molecule has 1 aromatic rings. The van der Waals surface area contributed by atoms with E-state index in [1.807, 2.05) is 13.0 Å². The van der Waals surface area contributed by atoms with Gasteiger partial charge in [0.05, 0.1) is 6.33 Å². The molecule has 0 atom stereocenters. The fourth-order valence-corrected chi connectivity index (χ4v) is 1.94. The molecular formula is C12H16N4O2S. The van der Waals surface area contributed by atoms with E-state index in [2.05, 4.69) is 10.3 Å². The predicted octanol–water partition coefficient (Wildman–Crippen LogP) is 0.753. The van der Waals surface area contributed by atoms with Crippen molar-refractivity contribution in [1.82, 2.24) is 14.9 Å². The van der Waals surface area contributed by atoms with Gasteiger partial charge in [-0.1, -0.05) is 13.3 Å². The fraction of sp³-hybridized carbons (Fsp3) is 0.500. The largest absolute Gasteiger partial charge is 0.355 e. The molecule has 6 nitrogen and oxygen atoms in total. The monoisotopic (exact) mass is 280 g/mol. The number of unbranched alkanes of at least 4 members (excludes halogenated alkanes) is 1. The van der Waals surface area contributed by atoms with Gasteiger partial charge in [-0.2, -0.15) is 5.26 Å². The second kappa shape index (κ2) is 7.59. The van der Waals surface area contributed by atoms with E-state index < -0.39 is 5.56 Å². The summed E-state index contributed by atoms with van der Waals surface area (Å²) in [5, 5.41) is 12.0. The normalized spacial score (nSPS) is 9.95. The molecule has 0 aliphatic rings. The van der Waals surface area contributed by atoms with E-state index in [1.165, 1.54) is 18.1 Å². The SMILES string of the molecule is CCCCNC(=O)Cn1cnc(SC)c(C#N)c1=O. The number of amides is 1. The summed E-state index contributed by atoms with van der Waals surface area (Å²) in [5.41, 5.74) is -0.496. The third kappa shape index (κ3) is 4.10. The van der Waals surface area contributed by atoms with Crippen LogP contribution in [0.2, 0.25) is 0 Å². The first-order chi connectivity index (χ1) is 9.13. The Labute approximate surface area is 115 Å². The molecule has 1 heterocycles. The Bertz CT molecular complexity index is 548. The van der Waals surface area contributed by atoms with Crippen molar-refractivity contribution in [1.29, 1.82) is 5.26 Å². The van der Waals surface area contributed by atoms with Crippen LogP contribution in [0.1, 0.15) is 25.3 Å². The molecule has 0 radical (unpaired) electrons. The first kappa shape index (κ1) is 15.2. The van der Waals surface area contributed by atoms with Crippen molar-refractivity contribution in [3.63, 3.8) is 0 Å². The van der Waals surface area contributed by atoms with Crippen LogP contribution in [0.3, 0.4) is 0 Å². The van der Waals surface area contributed by atoms with Crippen molar-refractivity contribution in [2.24, 2.45) is 0 Å². The number of aromatic nitrogens is 2. The van der Waals surface area contributed by atoms with Gasteiger partial charge < -0.3 is 5.32 Å². The number of hydrogen-bond donors (Lipinski definition) is 1. The van der Waals surface area contributed by atoms with Gasteiger partial charge >= 0.3 is 0 Å². The fourth-order valence-electron chi connectivity index (χ4n) is 1.45. The molecule has 1 N–H and O–H groups in total. The lowest BCUT2D eigenvalue weighted by molar-refractivity contribution is -0.121. The zero-order valence-electron chi connectivity index (χ0n) is 11.0. The standard InChI is InChI=1S/C12H16N4O2S/c1-3-4-5-14-10(17)7-16-8-15-11(19-2)9(6-13)12(16)18/h8H,3-5,7H2,1-2H3,(H,14,17). The van der Waals surface area contributed by atoms with Crippen LogP contribution in [0.15, 0.2) is 16.1 Å². The van der Waals surface area contributed by atoms with Crippen LogP contribution in [0, 0.1) is 11.3 Å². The first-order valence-electron chi connectivity index (χ1n) is 5.94. The topological polar surface area (TPSA) is 87.8 Å². The summed E-state index contributed by atoms with van der Waals surface area (Å²) in [6.07, 6.45) is 4.93.